The van der Waals surface area contributed by atoms with Gasteiger partial charge in [-0.05, 0) is 32.1 Å². The lowest BCUT2D eigenvalue weighted by Crippen LogP contribution is -2.48. The van der Waals surface area contributed by atoms with Crippen molar-refractivity contribution in [2.45, 2.75) is 32.0 Å². The van der Waals surface area contributed by atoms with Gasteiger partial charge in [-0.25, -0.2) is 4.39 Å². The number of rotatable bonds is 4. The SMILES string of the molecule is CC(F)(C=O)N1CCC(CCO)CC1. The summed E-state index contributed by atoms with van der Waals surface area (Å²) in [5, 5.41) is 8.75. The molecule has 1 heterocycles. The van der Waals surface area contributed by atoms with Gasteiger partial charge in [0.1, 0.15) is 0 Å². The highest BCUT2D eigenvalue weighted by Crippen LogP contribution is 2.25. The Morgan fingerprint density at radius 3 is 2.57 bits per heavy atom. The van der Waals surface area contributed by atoms with E-state index in [0.29, 0.717) is 25.3 Å². The van der Waals surface area contributed by atoms with Crippen LogP contribution >= 0.6 is 0 Å². The number of aldehydes is 1. The fraction of sp³-hybridized carbons (Fsp3) is 0.900. The second-order valence-corrected chi connectivity index (χ2v) is 4.08. The van der Waals surface area contributed by atoms with Gasteiger partial charge in [0.25, 0.3) is 0 Å². The molecular weight excluding hydrogens is 185 g/mol. The fourth-order valence-corrected chi connectivity index (χ4v) is 1.92. The molecule has 0 aromatic heterocycles. The van der Waals surface area contributed by atoms with Crippen LogP contribution in [0.15, 0.2) is 0 Å². The van der Waals surface area contributed by atoms with Crippen molar-refractivity contribution in [3.63, 3.8) is 0 Å². The molecule has 14 heavy (non-hydrogen) atoms. The topological polar surface area (TPSA) is 40.5 Å². The van der Waals surface area contributed by atoms with Crippen LogP contribution in [0.3, 0.4) is 0 Å². The van der Waals surface area contributed by atoms with Gasteiger partial charge >= 0.3 is 0 Å². The molecule has 1 aliphatic heterocycles. The number of nitrogens with zero attached hydrogens (tertiary/aromatic N) is 1. The largest absolute Gasteiger partial charge is 0.396 e. The number of alkyl halides is 1. The number of likely N-dealkylation sites (tertiary alicyclic amines) is 1. The standard InChI is InChI=1S/C10H18FNO2/c1-10(11,8-14)12-5-2-9(3-6-12)4-7-13/h8-9,13H,2-7H2,1H3. The first-order valence-corrected chi connectivity index (χ1v) is 5.11. The van der Waals surface area contributed by atoms with Crippen molar-refractivity contribution >= 4 is 6.29 Å². The summed E-state index contributed by atoms with van der Waals surface area (Å²) in [5.74, 6) is -1.33. The quantitative estimate of drug-likeness (QED) is 0.546. The summed E-state index contributed by atoms with van der Waals surface area (Å²) in [6.07, 6.45) is 2.89. The van der Waals surface area contributed by atoms with Gasteiger partial charge in [0.2, 0.25) is 5.79 Å². The zero-order valence-corrected chi connectivity index (χ0v) is 8.58. The second kappa shape index (κ2) is 4.84. The molecule has 1 aliphatic rings. The molecular formula is C10H18FNO2. The van der Waals surface area contributed by atoms with E-state index < -0.39 is 5.79 Å². The lowest BCUT2D eigenvalue weighted by atomic mass is 9.93. The Labute approximate surface area is 83.9 Å². The fourth-order valence-electron chi connectivity index (χ4n) is 1.92. The molecule has 0 aliphatic carbocycles. The van der Waals surface area contributed by atoms with Crippen molar-refractivity contribution in [3.8, 4) is 0 Å². The summed E-state index contributed by atoms with van der Waals surface area (Å²) in [6.45, 7) is 2.71. The predicted molar refractivity (Wildman–Crippen MR) is 51.6 cm³/mol. The zero-order chi connectivity index (χ0) is 10.6. The number of piperidine rings is 1. The Hall–Kier alpha value is -0.480. The van der Waals surface area contributed by atoms with E-state index in [9.17, 15) is 9.18 Å². The average Bonchev–Trinajstić information content (AvgIpc) is 2.19. The van der Waals surface area contributed by atoms with Crippen molar-refractivity contribution in [1.29, 1.82) is 0 Å². The lowest BCUT2D eigenvalue weighted by molar-refractivity contribution is -0.131. The van der Waals surface area contributed by atoms with Crippen molar-refractivity contribution in [2.75, 3.05) is 19.7 Å². The van der Waals surface area contributed by atoms with E-state index in [-0.39, 0.29) is 6.61 Å². The van der Waals surface area contributed by atoms with E-state index in [0.717, 1.165) is 19.3 Å². The van der Waals surface area contributed by atoms with Gasteiger partial charge in [-0.2, -0.15) is 0 Å². The van der Waals surface area contributed by atoms with Crippen LogP contribution in [0.25, 0.3) is 0 Å². The molecule has 1 rings (SSSR count). The molecule has 0 saturated carbocycles. The molecule has 0 amide bonds. The summed E-state index contributed by atoms with van der Waals surface area (Å²) in [4.78, 5) is 12.0. The summed E-state index contributed by atoms with van der Waals surface area (Å²) < 4.78 is 13.5. The molecule has 0 bridgehead atoms. The van der Waals surface area contributed by atoms with Gasteiger partial charge in [0, 0.05) is 19.7 Å². The van der Waals surface area contributed by atoms with Crippen LogP contribution in [0.4, 0.5) is 4.39 Å². The first kappa shape index (κ1) is 11.6. The van der Waals surface area contributed by atoms with E-state index in [2.05, 4.69) is 0 Å². The van der Waals surface area contributed by atoms with Crippen LogP contribution in [-0.4, -0.2) is 41.8 Å². The molecule has 82 valence electrons. The van der Waals surface area contributed by atoms with Gasteiger partial charge < -0.3 is 5.11 Å². The third-order valence-electron chi connectivity index (χ3n) is 2.99. The first-order valence-electron chi connectivity index (χ1n) is 5.11. The summed E-state index contributed by atoms with van der Waals surface area (Å²) in [6, 6.07) is 0. The van der Waals surface area contributed by atoms with Crippen LogP contribution in [0.2, 0.25) is 0 Å². The van der Waals surface area contributed by atoms with E-state index in [1.54, 1.807) is 4.90 Å². The van der Waals surface area contributed by atoms with Crippen LogP contribution in [0.1, 0.15) is 26.2 Å². The minimum atomic E-state index is -1.82. The normalized spacial score (nSPS) is 24.5. The highest BCUT2D eigenvalue weighted by molar-refractivity contribution is 5.60. The molecule has 1 N–H and O–H groups in total. The predicted octanol–water partition coefficient (Wildman–Crippen LogP) is 0.965. The van der Waals surface area contributed by atoms with E-state index in [1.807, 2.05) is 0 Å². The molecule has 1 unspecified atom stereocenters. The maximum atomic E-state index is 13.5. The van der Waals surface area contributed by atoms with Gasteiger partial charge in [0.05, 0.1) is 0 Å². The Morgan fingerprint density at radius 1 is 1.57 bits per heavy atom. The van der Waals surface area contributed by atoms with Gasteiger partial charge in [-0.1, -0.05) is 0 Å². The van der Waals surface area contributed by atoms with Crippen molar-refractivity contribution in [2.24, 2.45) is 5.92 Å². The number of hydrogen-bond acceptors (Lipinski definition) is 3. The van der Waals surface area contributed by atoms with E-state index >= 15 is 0 Å². The molecule has 4 heteroatoms. The van der Waals surface area contributed by atoms with Crippen LogP contribution in [0, 0.1) is 5.92 Å². The third kappa shape index (κ3) is 2.75. The molecule has 1 saturated heterocycles. The summed E-state index contributed by atoms with van der Waals surface area (Å²) >= 11 is 0. The molecule has 0 aromatic rings. The van der Waals surface area contributed by atoms with Crippen LogP contribution in [0.5, 0.6) is 0 Å². The lowest BCUT2D eigenvalue weighted by Gasteiger charge is -2.36. The van der Waals surface area contributed by atoms with Crippen LogP contribution < -0.4 is 0 Å². The summed E-state index contributed by atoms with van der Waals surface area (Å²) in [7, 11) is 0. The minimum absolute atomic E-state index is 0.200. The number of carbonyl (C=O) groups excluding carboxylic acids is 1. The van der Waals surface area contributed by atoms with Gasteiger partial charge in [-0.15, -0.1) is 0 Å². The molecule has 3 nitrogen and oxygen atoms in total. The Kier molecular flexibility index (Phi) is 4.01. The number of hydrogen-bond donors (Lipinski definition) is 1. The molecule has 1 fully saturated rings. The van der Waals surface area contributed by atoms with E-state index in [4.69, 9.17) is 5.11 Å². The van der Waals surface area contributed by atoms with Gasteiger partial charge in [0.15, 0.2) is 6.29 Å². The number of halogens is 1. The number of aliphatic hydroxyl groups excluding tert-OH is 1. The maximum absolute atomic E-state index is 13.5. The smallest absolute Gasteiger partial charge is 0.216 e. The molecule has 1 atom stereocenters. The Bertz CT molecular complexity index is 189. The van der Waals surface area contributed by atoms with Gasteiger partial charge in [-0.3, -0.25) is 9.69 Å². The number of carbonyl (C=O) groups is 1. The Morgan fingerprint density at radius 2 is 2.14 bits per heavy atom. The second-order valence-electron chi connectivity index (χ2n) is 4.08. The third-order valence-corrected chi connectivity index (χ3v) is 2.99. The van der Waals surface area contributed by atoms with Crippen molar-refractivity contribution in [1.82, 2.24) is 4.90 Å². The first-order chi connectivity index (χ1) is 6.60. The Balaban J connectivity index is 2.39. The highest BCUT2D eigenvalue weighted by atomic mass is 19.1. The minimum Gasteiger partial charge on any atom is -0.396 e. The van der Waals surface area contributed by atoms with Crippen LogP contribution in [-0.2, 0) is 4.79 Å². The monoisotopic (exact) mass is 203 g/mol. The zero-order valence-electron chi connectivity index (χ0n) is 8.58. The van der Waals surface area contributed by atoms with Crippen molar-refractivity contribution in [3.05, 3.63) is 0 Å². The number of aliphatic hydroxyl groups is 1. The molecule has 0 spiro atoms. The highest BCUT2D eigenvalue weighted by Gasteiger charge is 2.33. The maximum Gasteiger partial charge on any atom is 0.216 e. The summed E-state index contributed by atoms with van der Waals surface area (Å²) in [5.41, 5.74) is 0. The van der Waals surface area contributed by atoms with E-state index in [1.165, 1.54) is 6.92 Å². The van der Waals surface area contributed by atoms with Crippen molar-refractivity contribution < 1.29 is 14.3 Å². The average molecular weight is 203 g/mol. The molecule has 0 radical (unpaired) electrons. The molecule has 0 aromatic carbocycles.